The smallest absolute Gasteiger partial charge is 0.233 e. The van der Waals surface area contributed by atoms with Gasteiger partial charge in [0.2, 0.25) is 5.91 Å². The van der Waals surface area contributed by atoms with E-state index in [0.717, 1.165) is 64.4 Å². The van der Waals surface area contributed by atoms with Crippen LogP contribution in [0.3, 0.4) is 0 Å². The molecule has 0 radical (unpaired) electrons. The summed E-state index contributed by atoms with van der Waals surface area (Å²) < 4.78 is 6.07. The molecule has 0 spiro atoms. The Morgan fingerprint density at radius 1 is 1.07 bits per heavy atom. The van der Waals surface area contributed by atoms with Crippen LogP contribution in [-0.2, 0) is 9.53 Å². The minimum absolute atomic E-state index is 0.0920. The Morgan fingerprint density at radius 3 is 2.45 bits per heavy atom. The predicted molar refractivity (Wildman–Crippen MR) is 119 cm³/mol. The highest BCUT2D eigenvalue weighted by molar-refractivity contribution is 5.80. The molecule has 1 amide bonds. The number of guanidine groups is 1. The highest BCUT2D eigenvalue weighted by Crippen LogP contribution is 2.20. The van der Waals surface area contributed by atoms with Gasteiger partial charge in [0.25, 0.3) is 0 Å². The molecule has 29 heavy (non-hydrogen) atoms. The number of piperidine rings is 1. The summed E-state index contributed by atoms with van der Waals surface area (Å²) in [5.74, 6) is 1.01. The van der Waals surface area contributed by atoms with Crippen LogP contribution in [0.2, 0.25) is 0 Å². The Hall–Kier alpha value is -1.34. The number of ether oxygens (including phenoxy) is 1. The van der Waals surface area contributed by atoms with E-state index in [9.17, 15) is 4.79 Å². The number of likely N-dealkylation sites (N-methyl/N-ethyl adjacent to an activating group) is 1. The lowest BCUT2D eigenvalue weighted by Gasteiger charge is -2.32. The number of nitrogens with zero attached hydrogens (tertiary/aromatic N) is 2. The van der Waals surface area contributed by atoms with Gasteiger partial charge in [-0.25, -0.2) is 0 Å². The SMILES string of the molecule is CCNC(=NCCCCOC1CCCCCC1)NC1CCN(CC(=O)NC)CC1. The van der Waals surface area contributed by atoms with E-state index in [2.05, 4.69) is 27.8 Å². The van der Waals surface area contributed by atoms with Crippen molar-refractivity contribution in [3.8, 4) is 0 Å². The first-order valence-corrected chi connectivity index (χ1v) is 11.8. The summed E-state index contributed by atoms with van der Waals surface area (Å²) >= 11 is 0. The lowest BCUT2D eigenvalue weighted by molar-refractivity contribution is -0.122. The molecule has 7 heteroatoms. The second-order valence-corrected chi connectivity index (χ2v) is 8.32. The Morgan fingerprint density at radius 2 is 1.79 bits per heavy atom. The highest BCUT2D eigenvalue weighted by atomic mass is 16.5. The molecule has 2 fully saturated rings. The van der Waals surface area contributed by atoms with Gasteiger partial charge in [-0.05, 0) is 45.4 Å². The maximum atomic E-state index is 11.5. The van der Waals surface area contributed by atoms with Crippen LogP contribution in [0.1, 0.15) is 71.1 Å². The first-order chi connectivity index (χ1) is 14.2. The molecule has 1 saturated carbocycles. The zero-order valence-corrected chi connectivity index (χ0v) is 18.7. The molecule has 1 heterocycles. The summed E-state index contributed by atoms with van der Waals surface area (Å²) in [5, 5.41) is 9.63. The Labute approximate surface area is 177 Å². The maximum absolute atomic E-state index is 11.5. The van der Waals surface area contributed by atoms with Crippen LogP contribution in [0, 0.1) is 0 Å². The van der Waals surface area contributed by atoms with Gasteiger partial charge >= 0.3 is 0 Å². The Bertz CT molecular complexity index is 470. The van der Waals surface area contributed by atoms with Gasteiger partial charge in [0.1, 0.15) is 0 Å². The van der Waals surface area contributed by atoms with Gasteiger partial charge in [-0.1, -0.05) is 25.7 Å². The van der Waals surface area contributed by atoms with Crippen molar-refractivity contribution in [3.05, 3.63) is 0 Å². The molecule has 1 aliphatic carbocycles. The fourth-order valence-electron chi connectivity index (χ4n) is 4.09. The average molecular weight is 410 g/mol. The number of likely N-dealkylation sites (tertiary alicyclic amines) is 1. The lowest BCUT2D eigenvalue weighted by atomic mass is 10.1. The number of nitrogens with one attached hydrogen (secondary N) is 3. The molecule has 2 aliphatic rings. The van der Waals surface area contributed by atoms with Crippen LogP contribution in [0.15, 0.2) is 4.99 Å². The largest absolute Gasteiger partial charge is 0.378 e. The van der Waals surface area contributed by atoms with Crippen LogP contribution in [-0.4, -0.2) is 75.3 Å². The molecule has 2 rings (SSSR count). The monoisotopic (exact) mass is 409 g/mol. The van der Waals surface area contributed by atoms with Crippen LogP contribution in [0.25, 0.3) is 0 Å². The molecule has 0 unspecified atom stereocenters. The minimum Gasteiger partial charge on any atom is -0.378 e. The summed E-state index contributed by atoms with van der Waals surface area (Å²) in [5.41, 5.74) is 0. The van der Waals surface area contributed by atoms with Crippen LogP contribution >= 0.6 is 0 Å². The van der Waals surface area contributed by atoms with Crippen LogP contribution < -0.4 is 16.0 Å². The van der Waals surface area contributed by atoms with Crippen LogP contribution in [0.5, 0.6) is 0 Å². The van der Waals surface area contributed by atoms with E-state index >= 15 is 0 Å². The van der Waals surface area contributed by atoms with Crippen molar-refractivity contribution in [1.82, 2.24) is 20.9 Å². The van der Waals surface area contributed by atoms with Crippen molar-refractivity contribution in [2.24, 2.45) is 4.99 Å². The van der Waals surface area contributed by atoms with Crippen LogP contribution in [0.4, 0.5) is 0 Å². The molecule has 0 bridgehead atoms. The maximum Gasteiger partial charge on any atom is 0.233 e. The van der Waals surface area contributed by atoms with Gasteiger partial charge in [0.15, 0.2) is 5.96 Å². The summed E-state index contributed by atoms with van der Waals surface area (Å²) in [6.07, 6.45) is 12.6. The first kappa shape index (κ1) is 23.9. The van der Waals surface area contributed by atoms with Gasteiger partial charge in [-0.3, -0.25) is 14.7 Å². The third-order valence-electron chi connectivity index (χ3n) is 5.90. The normalized spacial score (nSPS) is 20.3. The molecular weight excluding hydrogens is 366 g/mol. The fraction of sp³-hybridized carbons (Fsp3) is 0.909. The zero-order valence-electron chi connectivity index (χ0n) is 18.7. The summed E-state index contributed by atoms with van der Waals surface area (Å²) in [4.78, 5) is 18.5. The van der Waals surface area contributed by atoms with Crippen molar-refractivity contribution in [1.29, 1.82) is 0 Å². The summed E-state index contributed by atoms with van der Waals surface area (Å²) in [6.45, 7) is 7.06. The summed E-state index contributed by atoms with van der Waals surface area (Å²) in [7, 11) is 1.69. The average Bonchev–Trinajstić information content (AvgIpc) is 3.01. The van der Waals surface area contributed by atoms with Crippen molar-refractivity contribution >= 4 is 11.9 Å². The zero-order chi connectivity index (χ0) is 20.7. The molecule has 3 N–H and O–H groups in total. The second kappa shape index (κ2) is 14.6. The predicted octanol–water partition coefficient (Wildman–Crippen LogP) is 2.27. The molecule has 1 saturated heterocycles. The number of carbonyl (C=O) groups is 1. The minimum atomic E-state index is 0.0920. The van der Waals surface area contributed by atoms with E-state index in [1.165, 1.54) is 38.5 Å². The molecule has 0 atom stereocenters. The Balaban J connectivity index is 1.60. The Kier molecular flexibility index (Phi) is 12.1. The van der Waals surface area contributed by atoms with Crippen molar-refractivity contribution in [2.75, 3.05) is 46.4 Å². The topological polar surface area (TPSA) is 78.0 Å². The fourth-order valence-corrected chi connectivity index (χ4v) is 4.09. The standard InChI is InChI=1S/C22H43N5O2/c1-3-24-22(26-19-12-15-27(16-13-19)18-21(28)23-2)25-14-8-9-17-29-20-10-6-4-5-7-11-20/h19-20H,3-18H2,1-2H3,(H,23,28)(H2,24,25,26). The quantitative estimate of drug-likeness (QED) is 0.223. The number of unbranched alkanes of at least 4 members (excludes halogenated alkanes) is 1. The molecular formula is C22H43N5O2. The van der Waals surface area contributed by atoms with Crippen molar-refractivity contribution < 1.29 is 9.53 Å². The van der Waals surface area contributed by atoms with E-state index in [4.69, 9.17) is 9.73 Å². The number of hydrogen-bond donors (Lipinski definition) is 3. The van der Waals surface area contributed by atoms with Gasteiger partial charge < -0.3 is 20.7 Å². The molecule has 0 aromatic heterocycles. The van der Waals surface area contributed by atoms with E-state index < -0.39 is 0 Å². The number of carbonyl (C=O) groups excluding carboxylic acids is 1. The molecule has 0 aromatic carbocycles. The number of hydrogen-bond acceptors (Lipinski definition) is 4. The van der Waals surface area contributed by atoms with Gasteiger partial charge in [-0.2, -0.15) is 0 Å². The van der Waals surface area contributed by atoms with E-state index in [1.54, 1.807) is 7.05 Å². The molecule has 1 aliphatic heterocycles. The highest BCUT2D eigenvalue weighted by Gasteiger charge is 2.21. The van der Waals surface area contributed by atoms with E-state index in [1.807, 2.05) is 0 Å². The number of aliphatic imine (C=N–C) groups is 1. The van der Waals surface area contributed by atoms with Crippen molar-refractivity contribution in [3.63, 3.8) is 0 Å². The molecule has 0 aromatic rings. The van der Waals surface area contributed by atoms with Gasteiger partial charge in [-0.15, -0.1) is 0 Å². The molecule has 168 valence electrons. The molecule has 7 nitrogen and oxygen atoms in total. The number of amides is 1. The van der Waals surface area contributed by atoms with E-state index in [-0.39, 0.29) is 5.91 Å². The summed E-state index contributed by atoms with van der Waals surface area (Å²) in [6, 6.07) is 0.423. The van der Waals surface area contributed by atoms with E-state index in [0.29, 0.717) is 18.7 Å². The third kappa shape index (κ3) is 10.3. The number of rotatable bonds is 10. The van der Waals surface area contributed by atoms with Gasteiger partial charge in [0.05, 0.1) is 12.6 Å². The first-order valence-electron chi connectivity index (χ1n) is 11.8. The third-order valence-corrected chi connectivity index (χ3v) is 5.90. The second-order valence-electron chi connectivity index (χ2n) is 8.32. The van der Waals surface area contributed by atoms with Gasteiger partial charge in [0, 0.05) is 45.9 Å². The van der Waals surface area contributed by atoms with Crippen molar-refractivity contribution in [2.45, 2.75) is 83.3 Å². The lowest BCUT2D eigenvalue weighted by Crippen LogP contribution is -2.50.